The molecule has 4 heteroatoms. The molecule has 5 aromatic carbocycles. The van der Waals surface area contributed by atoms with E-state index in [1.165, 1.54) is 0 Å². The molecule has 0 fully saturated rings. The molecule has 6 aromatic rings. The Bertz CT molecular complexity index is 1600. The first-order valence-corrected chi connectivity index (χ1v) is 13.1. The summed E-state index contributed by atoms with van der Waals surface area (Å²) in [5, 5.41) is 0. The molecule has 0 atom stereocenters. The molecule has 0 aliphatic heterocycles. The summed E-state index contributed by atoms with van der Waals surface area (Å²) in [5.74, 6) is 1.99. The van der Waals surface area contributed by atoms with Gasteiger partial charge in [-0.2, -0.15) is 0 Å². The third kappa shape index (κ3) is 5.05. The van der Waals surface area contributed by atoms with E-state index in [-0.39, 0.29) is 0 Å². The molecule has 0 saturated heterocycles. The van der Waals surface area contributed by atoms with Crippen LogP contribution in [0.25, 0.3) is 34.2 Å². The summed E-state index contributed by atoms with van der Waals surface area (Å²) >= 11 is 0. The van der Waals surface area contributed by atoms with Gasteiger partial charge in [0.05, 0.1) is 0 Å². The summed E-state index contributed by atoms with van der Waals surface area (Å²) in [7, 11) is 0. The lowest BCUT2D eigenvalue weighted by atomic mass is 10.0. The van der Waals surface area contributed by atoms with Crippen LogP contribution in [0.1, 0.15) is 11.1 Å². The van der Waals surface area contributed by atoms with Gasteiger partial charge in [0.15, 0.2) is 17.5 Å². The summed E-state index contributed by atoms with van der Waals surface area (Å²) in [4.78, 5) is 17.1. The Labute approximate surface area is 229 Å². The maximum Gasteiger partial charge on any atom is 0.164 e. The van der Waals surface area contributed by atoms with Crippen LogP contribution in [0.15, 0.2) is 133 Å². The van der Waals surface area contributed by atoms with Crippen LogP contribution in [0.5, 0.6) is 0 Å². The molecule has 6 rings (SSSR count). The Kier molecular flexibility index (Phi) is 6.67. The third-order valence-electron chi connectivity index (χ3n) is 6.75. The molecule has 39 heavy (non-hydrogen) atoms. The van der Waals surface area contributed by atoms with Crippen LogP contribution in [0.2, 0.25) is 0 Å². The van der Waals surface area contributed by atoms with Gasteiger partial charge in [0.2, 0.25) is 0 Å². The van der Waals surface area contributed by atoms with Gasteiger partial charge in [0.25, 0.3) is 0 Å². The van der Waals surface area contributed by atoms with Crippen molar-refractivity contribution in [3.05, 3.63) is 145 Å². The lowest BCUT2D eigenvalue weighted by Gasteiger charge is -2.28. The number of hydrogen-bond donors (Lipinski definition) is 0. The second kappa shape index (κ2) is 10.7. The number of aromatic nitrogens is 3. The zero-order valence-electron chi connectivity index (χ0n) is 22.0. The van der Waals surface area contributed by atoms with Crippen molar-refractivity contribution >= 4 is 17.1 Å². The normalized spacial score (nSPS) is 10.8. The van der Waals surface area contributed by atoms with E-state index in [9.17, 15) is 0 Å². The molecule has 0 aliphatic carbocycles. The summed E-state index contributed by atoms with van der Waals surface area (Å²) in [6.07, 6.45) is 0. The summed E-state index contributed by atoms with van der Waals surface area (Å²) in [6.45, 7) is 4.27. The molecule has 4 nitrogen and oxygen atoms in total. The number of para-hydroxylation sites is 2. The highest BCUT2D eigenvalue weighted by molar-refractivity contribution is 5.81. The number of anilines is 3. The smallest absolute Gasteiger partial charge is 0.164 e. The first kappa shape index (κ1) is 24.3. The summed E-state index contributed by atoms with van der Waals surface area (Å²) < 4.78 is 0. The molecule has 0 aliphatic rings. The first-order valence-electron chi connectivity index (χ1n) is 13.1. The predicted molar refractivity (Wildman–Crippen MR) is 160 cm³/mol. The molecule has 1 aromatic heterocycles. The van der Waals surface area contributed by atoms with E-state index < -0.39 is 0 Å². The molecule has 0 amide bonds. The van der Waals surface area contributed by atoms with Crippen LogP contribution in [0.4, 0.5) is 17.1 Å². The fourth-order valence-corrected chi connectivity index (χ4v) is 4.79. The largest absolute Gasteiger partial charge is 0.310 e. The van der Waals surface area contributed by atoms with Crippen molar-refractivity contribution in [2.24, 2.45) is 0 Å². The Morgan fingerprint density at radius 1 is 0.436 bits per heavy atom. The van der Waals surface area contributed by atoms with Gasteiger partial charge in [-0.05, 0) is 61.4 Å². The Morgan fingerprint density at radius 2 is 0.846 bits per heavy atom. The van der Waals surface area contributed by atoms with E-state index >= 15 is 0 Å². The monoisotopic (exact) mass is 504 g/mol. The molecule has 0 unspecified atom stereocenters. The van der Waals surface area contributed by atoms with Crippen LogP contribution in [-0.2, 0) is 0 Å². The topological polar surface area (TPSA) is 41.9 Å². The Balaban J connectivity index is 1.51. The van der Waals surface area contributed by atoms with E-state index in [2.05, 4.69) is 79.4 Å². The maximum absolute atomic E-state index is 4.96. The average Bonchev–Trinajstić information content (AvgIpc) is 3.00. The SMILES string of the molecule is Cc1cc(N(c2ccccc2)c2ccccc2)c(C)cc1-c1nc(-c2ccccc2)nc(-c2ccccc2)n1. The predicted octanol–water partition coefficient (Wildman–Crippen LogP) is 8.96. The molecular formula is C35H28N4. The van der Waals surface area contributed by atoms with Crippen molar-refractivity contribution in [3.8, 4) is 34.2 Å². The van der Waals surface area contributed by atoms with Gasteiger partial charge in [-0.25, -0.2) is 15.0 Å². The second-order valence-corrected chi connectivity index (χ2v) is 9.50. The number of nitrogens with zero attached hydrogens (tertiary/aromatic N) is 4. The molecule has 0 spiro atoms. The summed E-state index contributed by atoms with van der Waals surface area (Å²) in [5.41, 5.74) is 8.48. The van der Waals surface area contributed by atoms with Crippen LogP contribution in [-0.4, -0.2) is 15.0 Å². The molecular weight excluding hydrogens is 476 g/mol. The molecule has 1 heterocycles. The Morgan fingerprint density at radius 3 is 1.31 bits per heavy atom. The number of hydrogen-bond acceptors (Lipinski definition) is 4. The molecule has 0 radical (unpaired) electrons. The van der Waals surface area contributed by atoms with E-state index in [0.717, 1.165) is 44.9 Å². The van der Waals surface area contributed by atoms with Crippen molar-refractivity contribution in [1.29, 1.82) is 0 Å². The van der Waals surface area contributed by atoms with Crippen molar-refractivity contribution in [1.82, 2.24) is 15.0 Å². The van der Waals surface area contributed by atoms with Gasteiger partial charge in [0.1, 0.15) is 0 Å². The minimum Gasteiger partial charge on any atom is -0.310 e. The highest BCUT2D eigenvalue weighted by Gasteiger charge is 2.19. The van der Waals surface area contributed by atoms with Gasteiger partial charge >= 0.3 is 0 Å². The lowest BCUT2D eigenvalue weighted by Crippen LogP contribution is -2.12. The third-order valence-corrected chi connectivity index (χ3v) is 6.75. The van der Waals surface area contributed by atoms with E-state index in [4.69, 9.17) is 15.0 Å². The maximum atomic E-state index is 4.96. The van der Waals surface area contributed by atoms with Gasteiger partial charge in [0, 0.05) is 33.8 Å². The van der Waals surface area contributed by atoms with E-state index in [1.54, 1.807) is 0 Å². The number of rotatable bonds is 6. The minimum atomic E-state index is 0.663. The van der Waals surface area contributed by atoms with E-state index in [0.29, 0.717) is 17.5 Å². The highest BCUT2D eigenvalue weighted by atomic mass is 15.1. The minimum absolute atomic E-state index is 0.663. The Hall–Kier alpha value is -5.09. The quantitative estimate of drug-likeness (QED) is 0.227. The van der Waals surface area contributed by atoms with Gasteiger partial charge in [-0.1, -0.05) is 97.1 Å². The van der Waals surface area contributed by atoms with E-state index in [1.807, 2.05) is 72.8 Å². The average molecular weight is 505 g/mol. The number of benzene rings is 5. The van der Waals surface area contributed by atoms with Crippen LogP contribution < -0.4 is 4.90 Å². The van der Waals surface area contributed by atoms with Crippen LogP contribution in [0.3, 0.4) is 0 Å². The standard InChI is InChI=1S/C35H28N4/c1-25-24-32(39(29-19-11-5-12-20-29)30-21-13-6-14-22-30)26(2)23-31(25)35-37-33(27-15-7-3-8-16-27)36-34(38-35)28-17-9-4-10-18-28/h3-24H,1-2H3. The zero-order chi connectivity index (χ0) is 26.6. The van der Waals surface area contributed by atoms with Gasteiger partial charge in [-0.3, -0.25) is 0 Å². The first-order chi connectivity index (χ1) is 19.2. The second-order valence-electron chi connectivity index (χ2n) is 9.50. The van der Waals surface area contributed by atoms with Crippen LogP contribution in [0, 0.1) is 13.8 Å². The molecule has 0 bridgehead atoms. The summed E-state index contributed by atoms with van der Waals surface area (Å²) in [6, 6.07) is 45.5. The van der Waals surface area contributed by atoms with Crippen molar-refractivity contribution in [2.75, 3.05) is 4.90 Å². The van der Waals surface area contributed by atoms with Crippen molar-refractivity contribution in [3.63, 3.8) is 0 Å². The lowest BCUT2D eigenvalue weighted by molar-refractivity contribution is 1.07. The van der Waals surface area contributed by atoms with Gasteiger partial charge in [-0.15, -0.1) is 0 Å². The highest BCUT2D eigenvalue weighted by Crippen LogP contribution is 2.39. The zero-order valence-corrected chi connectivity index (χ0v) is 22.0. The van der Waals surface area contributed by atoms with Gasteiger partial charge < -0.3 is 4.90 Å². The molecule has 0 N–H and O–H groups in total. The fraction of sp³-hybridized carbons (Fsp3) is 0.0571. The van der Waals surface area contributed by atoms with Crippen LogP contribution >= 0.6 is 0 Å². The number of aryl methyl sites for hydroxylation is 2. The molecule has 188 valence electrons. The molecule has 0 saturated carbocycles. The fourth-order valence-electron chi connectivity index (χ4n) is 4.79. The van der Waals surface area contributed by atoms with Crippen molar-refractivity contribution in [2.45, 2.75) is 13.8 Å². The van der Waals surface area contributed by atoms with Crippen molar-refractivity contribution < 1.29 is 0 Å².